The Morgan fingerprint density at radius 1 is 1.18 bits per heavy atom. The van der Waals surface area contributed by atoms with Gasteiger partial charge in [0, 0.05) is 5.92 Å². The van der Waals surface area contributed by atoms with Crippen molar-refractivity contribution in [1.29, 1.82) is 0 Å². The normalized spacial score (nSPS) is 44.3. The zero-order valence-corrected chi connectivity index (χ0v) is 6.09. The van der Waals surface area contributed by atoms with Crippen LogP contribution < -0.4 is 0 Å². The first kappa shape index (κ1) is 8.78. The molecule has 0 spiro atoms. The third kappa shape index (κ3) is 1.64. The van der Waals surface area contributed by atoms with Crippen molar-refractivity contribution in [3.05, 3.63) is 12.2 Å². The third-order valence-corrected chi connectivity index (χ3v) is 1.97. The minimum Gasteiger partial charge on any atom is -0.396 e. The molecule has 0 aromatic carbocycles. The second kappa shape index (κ2) is 3.39. The molecule has 0 saturated carbocycles. The van der Waals surface area contributed by atoms with E-state index in [1.54, 1.807) is 12.2 Å². The van der Waals surface area contributed by atoms with Gasteiger partial charge >= 0.3 is 0 Å². The van der Waals surface area contributed by atoms with Gasteiger partial charge < -0.3 is 15.3 Å². The number of aliphatic hydroxyl groups is 3. The summed E-state index contributed by atoms with van der Waals surface area (Å²) in [6.45, 7) is -0.165. The lowest BCUT2D eigenvalue weighted by molar-refractivity contribution is -0.0216. The van der Waals surface area contributed by atoms with Crippen molar-refractivity contribution in [2.45, 2.75) is 18.0 Å². The molecule has 0 aromatic rings. The van der Waals surface area contributed by atoms with Crippen LogP contribution in [0.4, 0.5) is 0 Å². The Morgan fingerprint density at radius 2 is 1.82 bits per heavy atom. The Morgan fingerprint density at radius 3 is 2.36 bits per heavy atom. The highest BCUT2D eigenvalue weighted by Crippen LogP contribution is 2.24. The van der Waals surface area contributed by atoms with E-state index >= 15 is 0 Å². The molecule has 3 nitrogen and oxygen atoms in total. The lowest BCUT2D eigenvalue weighted by atomic mass is 9.73. The summed E-state index contributed by atoms with van der Waals surface area (Å²) >= 11 is 0. The van der Waals surface area contributed by atoms with Crippen LogP contribution in [0.25, 0.3) is 0 Å². The van der Waals surface area contributed by atoms with Crippen LogP contribution in [0.5, 0.6) is 0 Å². The zero-order chi connectivity index (χ0) is 8.43. The maximum atomic E-state index is 9.27. The maximum Gasteiger partial charge on any atom is 0.0881 e. The average Bonchev–Trinajstić information content (AvgIpc) is 2.01. The van der Waals surface area contributed by atoms with Crippen LogP contribution in [0.1, 0.15) is 0 Å². The molecule has 1 aliphatic rings. The molecule has 11 heavy (non-hydrogen) atoms. The van der Waals surface area contributed by atoms with Crippen molar-refractivity contribution in [2.24, 2.45) is 5.92 Å². The van der Waals surface area contributed by atoms with Crippen molar-refractivity contribution in [2.75, 3.05) is 6.61 Å². The van der Waals surface area contributed by atoms with E-state index in [1.165, 1.54) is 0 Å². The van der Waals surface area contributed by atoms with Gasteiger partial charge in [-0.2, -0.15) is 0 Å². The fraction of sp³-hybridized carbons (Fsp3) is 0.714. The topological polar surface area (TPSA) is 60.7 Å². The quantitative estimate of drug-likeness (QED) is 0.330. The highest BCUT2D eigenvalue weighted by molar-refractivity contribution is 6.13. The van der Waals surface area contributed by atoms with E-state index in [4.69, 9.17) is 13.0 Å². The summed E-state index contributed by atoms with van der Waals surface area (Å²) in [7, 11) is 5.41. The molecule has 2 radical (unpaired) electrons. The lowest BCUT2D eigenvalue weighted by Crippen LogP contribution is -2.39. The van der Waals surface area contributed by atoms with Gasteiger partial charge in [-0.15, -0.1) is 0 Å². The predicted molar refractivity (Wildman–Crippen MR) is 41.2 cm³/mol. The standard InChI is InChI=1S/C7H11BO3/c8-5-2-1-4(3-9)6(10)7(5)11/h1-2,4-7,9-11H,3H2/t4?,5-,6-,7+/m1/s1. The van der Waals surface area contributed by atoms with Gasteiger partial charge in [0.05, 0.1) is 26.7 Å². The lowest BCUT2D eigenvalue weighted by Gasteiger charge is -2.30. The molecule has 4 atom stereocenters. The van der Waals surface area contributed by atoms with Gasteiger partial charge in [0.25, 0.3) is 0 Å². The van der Waals surface area contributed by atoms with Crippen LogP contribution in [0.2, 0.25) is 5.82 Å². The van der Waals surface area contributed by atoms with Gasteiger partial charge in [0.1, 0.15) is 0 Å². The molecular formula is C7H11BO3. The number of rotatable bonds is 1. The molecule has 1 rings (SSSR count). The van der Waals surface area contributed by atoms with Crippen molar-refractivity contribution in [3.8, 4) is 0 Å². The molecule has 4 heteroatoms. The van der Waals surface area contributed by atoms with Gasteiger partial charge in [-0.1, -0.05) is 12.2 Å². The highest BCUT2D eigenvalue weighted by atomic mass is 16.3. The largest absolute Gasteiger partial charge is 0.396 e. The summed E-state index contributed by atoms with van der Waals surface area (Å²) in [6.07, 6.45) is 1.32. The maximum absolute atomic E-state index is 9.27. The zero-order valence-electron chi connectivity index (χ0n) is 6.09. The highest BCUT2D eigenvalue weighted by Gasteiger charge is 2.30. The van der Waals surface area contributed by atoms with E-state index in [0.29, 0.717) is 0 Å². The van der Waals surface area contributed by atoms with Gasteiger partial charge in [-0.3, -0.25) is 0 Å². The van der Waals surface area contributed by atoms with Crippen LogP contribution in [0.3, 0.4) is 0 Å². The molecule has 0 amide bonds. The second-order valence-electron chi connectivity index (χ2n) is 2.79. The first-order chi connectivity index (χ1) is 5.16. The second-order valence-corrected chi connectivity index (χ2v) is 2.79. The molecule has 3 N–H and O–H groups in total. The van der Waals surface area contributed by atoms with Crippen molar-refractivity contribution in [1.82, 2.24) is 0 Å². The van der Waals surface area contributed by atoms with Gasteiger partial charge in [0.2, 0.25) is 0 Å². The molecule has 1 unspecified atom stereocenters. The molecule has 0 aromatic heterocycles. The third-order valence-electron chi connectivity index (χ3n) is 1.97. The predicted octanol–water partition coefficient (Wildman–Crippen LogP) is -1.16. The van der Waals surface area contributed by atoms with Crippen molar-refractivity contribution >= 4 is 7.85 Å². The Labute approximate surface area is 66.8 Å². The average molecular weight is 154 g/mol. The Bertz CT molecular complexity index is 160. The van der Waals surface area contributed by atoms with Crippen LogP contribution in [0.15, 0.2) is 12.2 Å². The SMILES string of the molecule is [B][C@@H]1C=CC(CO)[C@@H](O)[C@H]1O. The number of aliphatic hydroxyl groups excluding tert-OH is 3. The van der Waals surface area contributed by atoms with E-state index in [2.05, 4.69) is 0 Å². The Balaban J connectivity index is 2.68. The monoisotopic (exact) mass is 154 g/mol. The van der Waals surface area contributed by atoms with E-state index < -0.39 is 18.0 Å². The Kier molecular flexibility index (Phi) is 2.70. The molecular weight excluding hydrogens is 143 g/mol. The molecule has 0 bridgehead atoms. The number of hydrogen-bond acceptors (Lipinski definition) is 3. The van der Waals surface area contributed by atoms with Crippen LogP contribution in [-0.4, -0.2) is 42.0 Å². The fourth-order valence-electron chi connectivity index (χ4n) is 1.15. The minimum atomic E-state index is -0.961. The summed E-state index contributed by atoms with van der Waals surface area (Å²) in [5, 5.41) is 27.2. The molecule has 0 fully saturated rings. The summed E-state index contributed by atoms with van der Waals surface area (Å²) in [6, 6.07) is 0. The first-order valence-corrected chi connectivity index (χ1v) is 3.57. The molecule has 0 saturated heterocycles. The van der Waals surface area contributed by atoms with Crippen molar-refractivity contribution < 1.29 is 15.3 Å². The molecule has 0 heterocycles. The molecule has 0 aliphatic heterocycles. The van der Waals surface area contributed by atoms with Gasteiger partial charge in [-0.05, 0) is 5.82 Å². The van der Waals surface area contributed by atoms with Crippen molar-refractivity contribution in [3.63, 3.8) is 0 Å². The van der Waals surface area contributed by atoms with Crippen LogP contribution in [-0.2, 0) is 0 Å². The first-order valence-electron chi connectivity index (χ1n) is 3.57. The number of hydrogen-bond donors (Lipinski definition) is 3. The fourth-order valence-corrected chi connectivity index (χ4v) is 1.15. The van der Waals surface area contributed by atoms with E-state index in [0.717, 1.165) is 0 Å². The summed E-state index contributed by atoms with van der Waals surface area (Å²) in [4.78, 5) is 0. The molecule has 1 aliphatic carbocycles. The summed E-state index contributed by atoms with van der Waals surface area (Å²) in [5.74, 6) is -0.905. The minimum absolute atomic E-state index is 0.165. The summed E-state index contributed by atoms with van der Waals surface area (Å²) < 4.78 is 0. The smallest absolute Gasteiger partial charge is 0.0881 e. The van der Waals surface area contributed by atoms with Gasteiger partial charge in [0.15, 0.2) is 0 Å². The van der Waals surface area contributed by atoms with Gasteiger partial charge in [-0.25, -0.2) is 0 Å². The van der Waals surface area contributed by atoms with Crippen LogP contribution in [0, 0.1) is 5.92 Å². The molecule has 60 valence electrons. The van der Waals surface area contributed by atoms with E-state index in [-0.39, 0.29) is 12.5 Å². The summed E-state index contributed by atoms with van der Waals surface area (Å²) in [5.41, 5.74) is 0. The van der Waals surface area contributed by atoms with E-state index in [1.807, 2.05) is 0 Å². The Hall–Kier alpha value is -0.315. The van der Waals surface area contributed by atoms with E-state index in [9.17, 15) is 10.2 Å². The van der Waals surface area contributed by atoms with Crippen LogP contribution >= 0.6 is 0 Å².